The van der Waals surface area contributed by atoms with E-state index in [-0.39, 0.29) is 23.8 Å². The van der Waals surface area contributed by atoms with Crippen molar-refractivity contribution >= 4 is 44.5 Å². The van der Waals surface area contributed by atoms with Crippen LogP contribution >= 0.6 is 11.3 Å². The molecule has 1 saturated heterocycles. The number of halogens is 3. The van der Waals surface area contributed by atoms with E-state index in [4.69, 9.17) is 4.74 Å². The number of thiazole rings is 1. The number of likely N-dealkylation sites (tertiary alicyclic amines) is 1. The number of fused-ring (bicyclic) bond motifs is 1. The maximum absolute atomic E-state index is 13.9. The minimum Gasteiger partial charge on any atom is -0.444 e. The topological polar surface area (TPSA) is 88.6 Å². The predicted octanol–water partition coefficient (Wildman–Crippen LogP) is 6.40. The number of rotatable bonds is 4. The second-order valence-electron chi connectivity index (χ2n) is 9.80. The number of aromatic nitrogens is 1. The third-order valence-corrected chi connectivity index (χ3v) is 6.84. The molecular formula is C26H26F3N3O4S. The summed E-state index contributed by atoms with van der Waals surface area (Å²) in [7, 11) is 0. The summed E-state index contributed by atoms with van der Waals surface area (Å²) in [4.78, 5) is 43.8. The average molecular weight is 534 g/mol. The average Bonchev–Trinajstić information content (AvgIpc) is 3.24. The smallest absolute Gasteiger partial charge is 0.417 e. The normalized spacial score (nSPS) is 15.0. The van der Waals surface area contributed by atoms with Crippen LogP contribution < -0.4 is 5.32 Å². The van der Waals surface area contributed by atoms with Crippen molar-refractivity contribution in [3.63, 3.8) is 0 Å². The van der Waals surface area contributed by atoms with Crippen molar-refractivity contribution in [2.24, 2.45) is 5.92 Å². The van der Waals surface area contributed by atoms with Gasteiger partial charge in [-0.3, -0.25) is 14.9 Å². The summed E-state index contributed by atoms with van der Waals surface area (Å²) in [6.07, 6.45) is -4.73. The minimum atomic E-state index is -4.85. The van der Waals surface area contributed by atoms with Gasteiger partial charge in [-0.2, -0.15) is 13.2 Å². The van der Waals surface area contributed by atoms with Crippen LogP contribution in [0.25, 0.3) is 10.2 Å². The molecule has 1 N–H and O–H groups in total. The Kier molecular flexibility index (Phi) is 7.27. The van der Waals surface area contributed by atoms with E-state index in [0.717, 1.165) is 28.2 Å². The van der Waals surface area contributed by atoms with Gasteiger partial charge in [0.15, 0.2) is 10.9 Å². The molecule has 1 aromatic heterocycles. The monoisotopic (exact) mass is 533 g/mol. The number of hydrogen-bond donors (Lipinski definition) is 1. The minimum absolute atomic E-state index is 0.125. The zero-order valence-corrected chi connectivity index (χ0v) is 21.3. The van der Waals surface area contributed by atoms with E-state index < -0.39 is 46.6 Å². The number of amides is 2. The summed E-state index contributed by atoms with van der Waals surface area (Å²) >= 11 is 1.15. The molecule has 3 aromatic rings. The fourth-order valence-electron chi connectivity index (χ4n) is 4.11. The maximum atomic E-state index is 13.9. The number of carbonyl (C=O) groups excluding carboxylic acids is 3. The maximum Gasteiger partial charge on any atom is 0.417 e. The third kappa shape index (κ3) is 6.27. The van der Waals surface area contributed by atoms with Crippen molar-refractivity contribution in [1.29, 1.82) is 0 Å². The van der Waals surface area contributed by atoms with E-state index in [2.05, 4.69) is 10.3 Å². The lowest BCUT2D eigenvalue weighted by Crippen LogP contribution is -2.43. The molecule has 1 fully saturated rings. The lowest BCUT2D eigenvalue weighted by Gasteiger charge is -2.33. The van der Waals surface area contributed by atoms with Crippen molar-refractivity contribution < 1.29 is 32.3 Å². The van der Waals surface area contributed by atoms with Crippen LogP contribution in [-0.4, -0.2) is 46.4 Å². The van der Waals surface area contributed by atoms with Crippen molar-refractivity contribution in [1.82, 2.24) is 9.88 Å². The molecule has 4 rings (SSSR count). The number of piperidine rings is 1. The number of anilines is 1. The van der Waals surface area contributed by atoms with Crippen LogP contribution in [0, 0.1) is 5.92 Å². The van der Waals surface area contributed by atoms with Crippen LogP contribution in [-0.2, 0) is 10.9 Å². The molecule has 7 nitrogen and oxygen atoms in total. The van der Waals surface area contributed by atoms with E-state index in [1.165, 1.54) is 11.0 Å². The molecule has 0 spiro atoms. The molecule has 1 aliphatic rings. The standard InChI is InChI=1S/C26H26F3N3O4S/c1-25(2,3)36-24(35)32-12-10-15(11-13-32)21(33)16-8-9-17(18(14-16)26(27,28)29)22(34)31-23-30-19-6-4-5-7-20(19)37-23/h4-9,14-15H,10-13H2,1-3H3,(H,30,31,34). The Morgan fingerprint density at radius 2 is 1.73 bits per heavy atom. The van der Waals surface area contributed by atoms with E-state index >= 15 is 0 Å². The molecule has 0 unspecified atom stereocenters. The zero-order valence-electron chi connectivity index (χ0n) is 20.5. The lowest BCUT2D eigenvalue weighted by atomic mass is 9.87. The molecule has 196 valence electrons. The number of para-hydroxylation sites is 1. The number of carbonyl (C=O) groups is 3. The number of ketones is 1. The van der Waals surface area contributed by atoms with Crippen LogP contribution in [0.15, 0.2) is 42.5 Å². The number of Topliss-reactive ketones (excluding diaryl/α,β-unsaturated/α-hetero) is 1. The third-order valence-electron chi connectivity index (χ3n) is 5.89. The summed E-state index contributed by atoms with van der Waals surface area (Å²) in [5.41, 5.74) is -1.94. The van der Waals surface area contributed by atoms with Crippen LogP contribution in [0.3, 0.4) is 0 Å². The van der Waals surface area contributed by atoms with Crippen LogP contribution in [0.2, 0.25) is 0 Å². The number of hydrogen-bond acceptors (Lipinski definition) is 6. The summed E-state index contributed by atoms with van der Waals surface area (Å²) in [6, 6.07) is 10.1. The molecule has 0 bridgehead atoms. The number of benzene rings is 2. The van der Waals surface area contributed by atoms with Crippen LogP contribution in [0.1, 0.15) is 59.9 Å². The number of alkyl halides is 3. The zero-order chi connectivity index (χ0) is 27.0. The van der Waals surface area contributed by atoms with Gasteiger partial charge in [0.2, 0.25) is 0 Å². The Balaban J connectivity index is 1.49. The second-order valence-corrected chi connectivity index (χ2v) is 10.8. The van der Waals surface area contributed by atoms with Gasteiger partial charge in [0.05, 0.1) is 21.3 Å². The van der Waals surface area contributed by atoms with Crippen molar-refractivity contribution in [2.45, 2.75) is 45.4 Å². The highest BCUT2D eigenvalue weighted by Crippen LogP contribution is 2.35. The highest BCUT2D eigenvalue weighted by molar-refractivity contribution is 7.22. The number of nitrogens with one attached hydrogen (secondary N) is 1. The largest absolute Gasteiger partial charge is 0.444 e. The molecule has 0 radical (unpaired) electrons. The molecule has 2 heterocycles. The number of ether oxygens (including phenoxy) is 1. The summed E-state index contributed by atoms with van der Waals surface area (Å²) in [6.45, 7) is 5.79. The molecule has 0 atom stereocenters. The van der Waals surface area contributed by atoms with E-state index in [1.807, 2.05) is 0 Å². The Hall–Kier alpha value is -3.47. The molecule has 2 amide bonds. The van der Waals surface area contributed by atoms with Gasteiger partial charge in [0.25, 0.3) is 5.91 Å². The van der Waals surface area contributed by atoms with Crippen molar-refractivity contribution in [3.8, 4) is 0 Å². The van der Waals surface area contributed by atoms with Gasteiger partial charge in [-0.1, -0.05) is 29.5 Å². The second kappa shape index (κ2) is 10.1. The highest BCUT2D eigenvalue weighted by Gasteiger charge is 2.37. The fourth-order valence-corrected chi connectivity index (χ4v) is 4.97. The summed E-state index contributed by atoms with van der Waals surface area (Å²) < 4.78 is 47.9. The van der Waals surface area contributed by atoms with Gasteiger partial charge in [0.1, 0.15) is 5.60 Å². The van der Waals surface area contributed by atoms with Gasteiger partial charge < -0.3 is 9.64 Å². The first-order valence-corrected chi connectivity index (χ1v) is 12.5. The van der Waals surface area contributed by atoms with Crippen molar-refractivity contribution in [2.75, 3.05) is 18.4 Å². The first-order chi connectivity index (χ1) is 17.3. The van der Waals surface area contributed by atoms with E-state index in [1.54, 1.807) is 45.0 Å². The molecular weight excluding hydrogens is 507 g/mol. The molecule has 11 heteroatoms. The Morgan fingerprint density at radius 3 is 2.35 bits per heavy atom. The SMILES string of the molecule is CC(C)(C)OC(=O)N1CCC(C(=O)c2ccc(C(=O)Nc3nc4ccccc4s3)c(C(F)(F)F)c2)CC1. The Bertz CT molecular complexity index is 1310. The van der Waals surface area contributed by atoms with Gasteiger partial charge in [-0.15, -0.1) is 0 Å². The quantitative estimate of drug-likeness (QED) is 0.392. The predicted molar refractivity (Wildman–Crippen MR) is 134 cm³/mol. The first-order valence-electron chi connectivity index (χ1n) is 11.7. The van der Waals surface area contributed by atoms with Crippen LogP contribution in [0.4, 0.5) is 23.1 Å². The first kappa shape index (κ1) is 26.6. The molecule has 1 aliphatic heterocycles. The van der Waals surface area contributed by atoms with Gasteiger partial charge in [0, 0.05) is 24.6 Å². The molecule has 2 aromatic carbocycles. The lowest BCUT2D eigenvalue weighted by molar-refractivity contribution is -0.137. The van der Waals surface area contributed by atoms with Crippen LogP contribution in [0.5, 0.6) is 0 Å². The Labute approximate surface area is 215 Å². The van der Waals surface area contributed by atoms with Gasteiger partial charge in [-0.25, -0.2) is 9.78 Å². The van der Waals surface area contributed by atoms with Gasteiger partial charge in [-0.05, 0) is 57.9 Å². The van der Waals surface area contributed by atoms with Gasteiger partial charge >= 0.3 is 12.3 Å². The molecule has 37 heavy (non-hydrogen) atoms. The Morgan fingerprint density at radius 1 is 1.05 bits per heavy atom. The molecule has 0 saturated carbocycles. The fraction of sp³-hybridized carbons (Fsp3) is 0.385. The summed E-state index contributed by atoms with van der Waals surface area (Å²) in [5.74, 6) is -1.95. The van der Waals surface area contributed by atoms with Crippen molar-refractivity contribution in [3.05, 3.63) is 59.2 Å². The molecule has 0 aliphatic carbocycles. The van der Waals surface area contributed by atoms with E-state index in [9.17, 15) is 27.6 Å². The highest BCUT2D eigenvalue weighted by atomic mass is 32.1. The van der Waals surface area contributed by atoms with E-state index in [0.29, 0.717) is 18.4 Å². The number of nitrogens with zero attached hydrogens (tertiary/aromatic N) is 2. The summed E-state index contributed by atoms with van der Waals surface area (Å²) in [5, 5.41) is 2.61.